The van der Waals surface area contributed by atoms with Gasteiger partial charge < -0.3 is 9.84 Å². The third-order valence-electron chi connectivity index (χ3n) is 2.58. The third kappa shape index (κ3) is 2.19. The molecule has 1 unspecified atom stereocenters. The molecule has 1 N–H and O–H groups in total. The summed E-state index contributed by atoms with van der Waals surface area (Å²) in [4.78, 5) is 14.6. The van der Waals surface area contributed by atoms with Crippen LogP contribution in [-0.4, -0.2) is 29.3 Å². The number of aliphatic carboxylic acids is 1. The van der Waals surface area contributed by atoms with E-state index in [9.17, 15) is 9.18 Å². The molecule has 5 heteroatoms. The molecule has 0 spiro atoms. The van der Waals surface area contributed by atoms with Crippen LogP contribution in [0, 0.1) is 5.82 Å². The van der Waals surface area contributed by atoms with Crippen LogP contribution in [-0.2, 0) is 14.9 Å². The minimum Gasteiger partial charge on any atom is -0.479 e. The number of aromatic nitrogens is 1. The quantitative estimate of drug-likeness (QED) is 0.848. The van der Waals surface area contributed by atoms with Gasteiger partial charge in [-0.05, 0) is 11.6 Å². The van der Waals surface area contributed by atoms with E-state index in [-0.39, 0.29) is 5.56 Å². The number of carbonyl (C=O) groups is 1. The van der Waals surface area contributed by atoms with Gasteiger partial charge in [0.05, 0.1) is 6.20 Å². The van der Waals surface area contributed by atoms with Crippen LogP contribution in [0.5, 0.6) is 0 Å². The topological polar surface area (TPSA) is 59.4 Å². The molecule has 0 aliphatic carbocycles. The smallest absolute Gasteiger partial charge is 0.333 e. The van der Waals surface area contributed by atoms with Gasteiger partial charge in [0.25, 0.3) is 0 Å². The Labute approximate surface area is 93.1 Å². The Kier molecular flexibility index (Phi) is 3.59. The second-order valence-electron chi connectivity index (χ2n) is 4.03. The van der Waals surface area contributed by atoms with Crippen LogP contribution in [0.25, 0.3) is 0 Å². The molecule has 0 aromatic carbocycles. The first-order valence-electron chi connectivity index (χ1n) is 4.77. The molecule has 1 rings (SSSR count). The predicted molar refractivity (Wildman–Crippen MR) is 55.7 cm³/mol. The van der Waals surface area contributed by atoms with Gasteiger partial charge in [0.15, 0.2) is 6.10 Å². The molecule has 0 fully saturated rings. The lowest BCUT2D eigenvalue weighted by Crippen LogP contribution is -2.42. The van der Waals surface area contributed by atoms with Crippen molar-refractivity contribution in [1.82, 2.24) is 4.98 Å². The van der Waals surface area contributed by atoms with Gasteiger partial charge in [-0.25, -0.2) is 9.18 Å². The van der Waals surface area contributed by atoms with Crippen molar-refractivity contribution in [1.29, 1.82) is 0 Å². The van der Waals surface area contributed by atoms with Gasteiger partial charge in [0, 0.05) is 18.7 Å². The average molecular weight is 227 g/mol. The van der Waals surface area contributed by atoms with Crippen molar-refractivity contribution in [2.45, 2.75) is 25.4 Å². The number of methoxy groups -OCH3 is 1. The summed E-state index contributed by atoms with van der Waals surface area (Å²) in [6.07, 6.45) is 1.38. The number of hydrogen-bond donors (Lipinski definition) is 1. The number of pyridine rings is 1. The van der Waals surface area contributed by atoms with E-state index in [2.05, 4.69) is 4.98 Å². The summed E-state index contributed by atoms with van der Waals surface area (Å²) in [6, 6.07) is 1.46. The van der Waals surface area contributed by atoms with E-state index in [0.717, 1.165) is 6.20 Å². The van der Waals surface area contributed by atoms with E-state index in [1.54, 1.807) is 13.8 Å². The van der Waals surface area contributed by atoms with E-state index in [1.165, 1.54) is 19.4 Å². The molecule has 0 saturated heterocycles. The van der Waals surface area contributed by atoms with Gasteiger partial charge in [-0.2, -0.15) is 0 Å². The van der Waals surface area contributed by atoms with Crippen molar-refractivity contribution in [2.75, 3.05) is 7.11 Å². The van der Waals surface area contributed by atoms with Crippen LogP contribution in [0.2, 0.25) is 0 Å². The van der Waals surface area contributed by atoms with Crippen LogP contribution in [0.3, 0.4) is 0 Å². The molecule has 1 atom stereocenters. The number of carboxylic acid groups (broad SMARTS) is 1. The van der Waals surface area contributed by atoms with E-state index in [4.69, 9.17) is 9.84 Å². The monoisotopic (exact) mass is 227 g/mol. The molecular weight excluding hydrogens is 213 g/mol. The van der Waals surface area contributed by atoms with Crippen molar-refractivity contribution in [2.24, 2.45) is 0 Å². The highest BCUT2D eigenvalue weighted by molar-refractivity contribution is 5.74. The summed E-state index contributed by atoms with van der Waals surface area (Å²) in [5.41, 5.74) is -0.690. The minimum absolute atomic E-state index is 0.275. The summed E-state index contributed by atoms with van der Waals surface area (Å²) < 4.78 is 18.4. The number of hydrogen-bond acceptors (Lipinski definition) is 3. The maximum absolute atomic E-state index is 13.5. The van der Waals surface area contributed by atoms with Crippen molar-refractivity contribution >= 4 is 5.97 Å². The molecular formula is C11H14FNO3. The lowest BCUT2D eigenvalue weighted by molar-refractivity contribution is -0.152. The van der Waals surface area contributed by atoms with Crippen molar-refractivity contribution in [3.05, 3.63) is 29.8 Å². The molecule has 1 aromatic rings. The SMILES string of the molecule is COC(C(=O)O)C(C)(C)c1ccncc1F. The zero-order valence-electron chi connectivity index (χ0n) is 9.40. The lowest BCUT2D eigenvalue weighted by Gasteiger charge is -2.30. The minimum atomic E-state index is -1.12. The molecule has 0 saturated carbocycles. The number of nitrogens with zero attached hydrogens (tertiary/aromatic N) is 1. The second kappa shape index (κ2) is 4.57. The highest BCUT2D eigenvalue weighted by atomic mass is 19.1. The normalized spacial score (nSPS) is 13.5. The standard InChI is InChI=1S/C11H14FNO3/c1-11(2,9(16-3)10(14)15)7-4-5-13-6-8(7)12/h4-6,9H,1-3H3,(H,14,15). The van der Waals surface area contributed by atoms with E-state index < -0.39 is 23.3 Å². The highest BCUT2D eigenvalue weighted by Crippen LogP contribution is 2.30. The summed E-state index contributed by atoms with van der Waals surface area (Å²) in [5.74, 6) is -1.65. The van der Waals surface area contributed by atoms with Gasteiger partial charge in [0.1, 0.15) is 5.82 Å². The largest absolute Gasteiger partial charge is 0.479 e. The maximum Gasteiger partial charge on any atom is 0.333 e. The Morgan fingerprint density at radius 2 is 2.25 bits per heavy atom. The summed E-state index contributed by atoms with van der Waals surface area (Å²) in [5, 5.41) is 9.00. The summed E-state index contributed by atoms with van der Waals surface area (Å²) in [7, 11) is 1.29. The number of halogens is 1. The summed E-state index contributed by atoms with van der Waals surface area (Å²) in [6.45, 7) is 3.24. The first kappa shape index (κ1) is 12.6. The van der Waals surface area contributed by atoms with Gasteiger partial charge in [-0.3, -0.25) is 4.98 Å². The Morgan fingerprint density at radius 3 is 2.69 bits per heavy atom. The lowest BCUT2D eigenvalue weighted by atomic mass is 9.79. The number of rotatable bonds is 4. The fourth-order valence-electron chi connectivity index (χ4n) is 1.74. The molecule has 0 bridgehead atoms. The Morgan fingerprint density at radius 1 is 1.62 bits per heavy atom. The molecule has 88 valence electrons. The Hall–Kier alpha value is -1.49. The Bertz CT molecular complexity index is 393. The zero-order chi connectivity index (χ0) is 12.3. The molecule has 0 radical (unpaired) electrons. The van der Waals surface area contributed by atoms with Crippen molar-refractivity contribution in [3.8, 4) is 0 Å². The second-order valence-corrected chi connectivity index (χ2v) is 4.03. The Balaban J connectivity index is 3.19. The molecule has 0 aliphatic heterocycles. The molecule has 0 amide bonds. The van der Waals surface area contributed by atoms with Crippen molar-refractivity contribution in [3.63, 3.8) is 0 Å². The van der Waals surface area contributed by atoms with Crippen LogP contribution in [0.1, 0.15) is 19.4 Å². The van der Waals surface area contributed by atoms with E-state index in [1.807, 2.05) is 0 Å². The maximum atomic E-state index is 13.5. The van der Waals surface area contributed by atoms with E-state index in [0.29, 0.717) is 0 Å². The predicted octanol–water partition coefficient (Wildman–Crippen LogP) is 1.60. The van der Waals surface area contributed by atoms with Crippen LogP contribution in [0.15, 0.2) is 18.5 Å². The molecule has 1 aromatic heterocycles. The van der Waals surface area contributed by atoms with Gasteiger partial charge in [-0.15, -0.1) is 0 Å². The number of ether oxygens (including phenoxy) is 1. The van der Waals surface area contributed by atoms with Crippen LogP contribution < -0.4 is 0 Å². The van der Waals surface area contributed by atoms with Gasteiger partial charge in [0.2, 0.25) is 0 Å². The van der Waals surface area contributed by atoms with Crippen LogP contribution >= 0.6 is 0 Å². The number of carboxylic acids is 1. The fourth-order valence-corrected chi connectivity index (χ4v) is 1.74. The zero-order valence-corrected chi connectivity index (χ0v) is 9.40. The third-order valence-corrected chi connectivity index (χ3v) is 2.58. The average Bonchev–Trinajstić information content (AvgIpc) is 2.17. The van der Waals surface area contributed by atoms with Crippen LogP contribution in [0.4, 0.5) is 4.39 Å². The van der Waals surface area contributed by atoms with E-state index >= 15 is 0 Å². The highest BCUT2D eigenvalue weighted by Gasteiger charge is 2.38. The fraction of sp³-hybridized carbons (Fsp3) is 0.455. The molecule has 1 heterocycles. The van der Waals surface area contributed by atoms with Gasteiger partial charge >= 0.3 is 5.97 Å². The first-order valence-corrected chi connectivity index (χ1v) is 4.77. The van der Waals surface area contributed by atoms with Gasteiger partial charge in [-0.1, -0.05) is 13.8 Å². The molecule has 16 heavy (non-hydrogen) atoms. The molecule has 0 aliphatic rings. The summed E-state index contributed by atoms with van der Waals surface area (Å²) >= 11 is 0. The first-order chi connectivity index (χ1) is 7.41. The van der Waals surface area contributed by atoms with Crippen molar-refractivity contribution < 1.29 is 19.0 Å². The molecule has 4 nitrogen and oxygen atoms in total.